The van der Waals surface area contributed by atoms with Gasteiger partial charge in [-0.3, -0.25) is 4.98 Å². The van der Waals surface area contributed by atoms with Gasteiger partial charge in [-0.2, -0.15) is 8.78 Å². The number of aromatic nitrogens is 1. The fourth-order valence-electron chi connectivity index (χ4n) is 1.75. The molecule has 1 unspecified atom stereocenters. The Balaban J connectivity index is 2.48. The zero-order chi connectivity index (χ0) is 15.6. The predicted octanol–water partition coefficient (Wildman–Crippen LogP) is 4.72. The molecule has 0 saturated carbocycles. The monoisotopic (exact) mass is 362 g/mol. The van der Waals surface area contributed by atoms with E-state index in [9.17, 15) is 22.5 Å². The van der Waals surface area contributed by atoms with Crippen molar-refractivity contribution < 1.29 is 17.6 Å². The number of halogens is 5. The van der Waals surface area contributed by atoms with Gasteiger partial charge in [0.25, 0.3) is 0 Å². The van der Waals surface area contributed by atoms with Gasteiger partial charge in [0.2, 0.25) is 0 Å². The Hall–Kier alpha value is -1.83. The van der Waals surface area contributed by atoms with E-state index in [1.807, 2.05) is 0 Å². The van der Waals surface area contributed by atoms with Crippen molar-refractivity contribution in [2.45, 2.75) is 12.0 Å². The van der Waals surface area contributed by atoms with E-state index in [0.29, 0.717) is 10.5 Å². The van der Waals surface area contributed by atoms with E-state index < -0.39 is 34.9 Å². The summed E-state index contributed by atoms with van der Waals surface area (Å²) in [5.74, 6) is -6.04. The molecule has 0 radical (unpaired) electrons. The second-order valence-electron chi connectivity index (χ2n) is 4.16. The molecule has 0 N–H and O–H groups in total. The number of benzene rings is 1. The zero-order valence-corrected chi connectivity index (χ0v) is 11.8. The van der Waals surface area contributed by atoms with Crippen LogP contribution in [0.1, 0.15) is 17.3 Å². The van der Waals surface area contributed by atoms with Gasteiger partial charge in [-0.1, -0.05) is 11.2 Å². The molecule has 1 heterocycles. The van der Waals surface area contributed by atoms with Crippen molar-refractivity contribution in [1.29, 1.82) is 0 Å². The van der Waals surface area contributed by atoms with Crippen LogP contribution in [0.3, 0.4) is 0 Å². The highest BCUT2D eigenvalue weighted by Gasteiger charge is 2.46. The van der Waals surface area contributed by atoms with Crippen LogP contribution in [0.25, 0.3) is 0 Å². The van der Waals surface area contributed by atoms with Crippen LogP contribution >= 0.6 is 15.9 Å². The quantitative estimate of drug-likeness (QED) is 0.583. The molecule has 0 aliphatic heterocycles. The highest BCUT2D eigenvalue weighted by Crippen LogP contribution is 2.43. The van der Waals surface area contributed by atoms with Gasteiger partial charge < -0.3 is 0 Å². The van der Waals surface area contributed by atoms with Crippen LogP contribution in [0.4, 0.5) is 17.6 Å². The zero-order valence-electron chi connectivity index (χ0n) is 10.2. The molecule has 0 aliphatic carbocycles. The Morgan fingerprint density at radius 3 is 2.43 bits per heavy atom. The van der Waals surface area contributed by atoms with Crippen molar-refractivity contribution in [1.82, 2.24) is 4.98 Å². The molecule has 0 bridgehead atoms. The van der Waals surface area contributed by atoms with Gasteiger partial charge in [-0.05, 0) is 34.1 Å². The molecule has 0 amide bonds. The molecule has 21 heavy (non-hydrogen) atoms. The van der Waals surface area contributed by atoms with Gasteiger partial charge in [0.1, 0.15) is 17.3 Å². The lowest BCUT2D eigenvalue weighted by Crippen LogP contribution is -2.24. The number of nitrogens with zero attached hydrogens (tertiary/aromatic N) is 2. The Kier molecular flexibility index (Phi) is 4.36. The third-order valence-electron chi connectivity index (χ3n) is 2.77. The molecule has 0 fully saturated rings. The summed E-state index contributed by atoms with van der Waals surface area (Å²) in [6.45, 7) is 0. The van der Waals surface area contributed by atoms with E-state index in [-0.39, 0.29) is 0 Å². The molecule has 1 aromatic carbocycles. The minimum Gasteiger partial charge on any atom is -0.254 e. The number of hydrogen-bond donors (Lipinski definition) is 0. The van der Waals surface area contributed by atoms with E-state index in [2.05, 4.69) is 26.1 Å². The third-order valence-corrected chi connectivity index (χ3v) is 3.24. The Bertz CT molecular complexity index is 664. The minimum atomic E-state index is -3.83. The molecule has 8 heteroatoms. The summed E-state index contributed by atoms with van der Waals surface area (Å²) in [6, 6.07) is 1.92. The molecule has 110 valence electrons. The first-order chi connectivity index (χ1) is 9.86. The summed E-state index contributed by atoms with van der Waals surface area (Å²) < 4.78 is 55.5. The van der Waals surface area contributed by atoms with Crippen LogP contribution in [0, 0.1) is 16.5 Å². The normalized spacial score (nSPS) is 13.0. The molecule has 1 aromatic heterocycles. The molecule has 3 nitrogen and oxygen atoms in total. The molecule has 0 saturated heterocycles. The molecule has 2 rings (SSSR count). The van der Waals surface area contributed by atoms with Crippen molar-refractivity contribution in [2.75, 3.05) is 0 Å². The van der Waals surface area contributed by atoms with Gasteiger partial charge in [-0.25, -0.2) is 8.78 Å². The Morgan fingerprint density at radius 1 is 1.19 bits per heavy atom. The van der Waals surface area contributed by atoms with Crippen molar-refractivity contribution in [3.63, 3.8) is 0 Å². The van der Waals surface area contributed by atoms with Crippen LogP contribution in [0.2, 0.25) is 0 Å². The van der Waals surface area contributed by atoms with E-state index in [1.165, 1.54) is 6.07 Å². The summed E-state index contributed by atoms with van der Waals surface area (Å²) in [7, 11) is 0. The highest BCUT2D eigenvalue weighted by atomic mass is 79.9. The maximum absolute atomic E-state index is 14.3. The van der Waals surface area contributed by atoms with Crippen LogP contribution in [-0.2, 0) is 5.92 Å². The summed E-state index contributed by atoms with van der Waals surface area (Å²) in [5.41, 5.74) is -1.43. The number of pyridine rings is 1. The standard InChI is InChI=1S/C13H7BrF4N2O/c14-7-1-4-11(19-6-7)13(17,18)12(20-21)9-3-2-8(15)5-10(9)16/h1-6,12H. The molecule has 0 aliphatic rings. The maximum atomic E-state index is 14.3. The smallest absolute Gasteiger partial charge is 0.254 e. The third kappa shape index (κ3) is 3.10. The lowest BCUT2D eigenvalue weighted by atomic mass is 9.98. The predicted molar refractivity (Wildman–Crippen MR) is 70.7 cm³/mol. The first kappa shape index (κ1) is 15.6. The number of hydrogen-bond acceptors (Lipinski definition) is 3. The van der Waals surface area contributed by atoms with Gasteiger partial charge >= 0.3 is 5.92 Å². The molecule has 2 aromatic rings. The fraction of sp³-hybridized carbons (Fsp3) is 0.154. The topological polar surface area (TPSA) is 42.3 Å². The summed E-state index contributed by atoms with van der Waals surface area (Å²) >= 11 is 3.04. The Labute approximate surface area is 125 Å². The second kappa shape index (κ2) is 5.88. The van der Waals surface area contributed by atoms with E-state index in [4.69, 9.17) is 0 Å². The minimum absolute atomic E-state index is 0.415. The SMILES string of the molecule is O=NC(c1ccc(F)cc1F)C(F)(F)c1ccc(Br)cn1. The van der Waals surface area contributed by atoms with Gasteiger partial charge in [0, 0.05) is 22.3 Å². The Morgan fingerprint density at radius 2 is 1.90 bits per heavy atom. The number of nitroso groups, excluding NO2 is 1. The molecule has 1 atom stereocenters. The average Bonchev–Trinajstić information content (AvgIpc) is 2.42. The molecular formula is C13H7BrF4N2O. The van der Waals surface area contributed by atoms with Crippen molar-refractivity contribution in [3.05, 3.63) is 68.8 Å². The summed E-state index contributed by atoms with van der Waals surface area (Å²) in [6.07, 6.45) is 1.12. The van der Waals surface area contributed by atoms with Crippen LogP contribution in [0.5, 0.6) is 0 Å². The van der Waals surface area contributed by atoms with Crippen molar-refractivity contribution in [3.8, 4) is 0 Å². The van der Waals surface area contributed by atoms with Crippen molar-refractivity contribution >= 4 is 15.9 Å². The lowest BCUT2D eigenvalue weighted by molar-refractivity contribution is -0.0373. The largest absolute Gasteiger partial charge is 0.319 e. The van der Waals surface area contributed by atoms with E-state index >= 15 is 0 Å². The number of alkyl halides is 2. The van der Waals surface area contributed by atoms with Gasteiger partial charge in [0.05, 0.1) is 0 Å². The first-order valence-corrected chi connectivity index (χ1v) is 6.43. The average molecular weight is 363 g/mol. The van der Waals surface area contributed by atoms with Crippen LogP contribution in [-0.4, -0.2) is 4.98 Å². The molecule has 0 spiro atoms. The maximum Gasteiger partial charge on any atom is 0.319 e. The molecular weight excluding hydrogens is 356 g/mol. The van der Waals surface area contributed by atoms with E-state index in [0.717, 1.165) is 24.4 Å². The summed E-state index contributed by atoms with van der Waals surface area (Å²) in [5, 5.41) is 2.31. The van der Waals surface area contributed by atoms with Crippen LogP contribution in [0.15, 0.2) is 46.2 Å². The van der Waals surface area contributed by atoms with Gasteiger partial charge in [-0.15, -0.1) is 4.91 Å². The fourth-order valence-corrected chi connectivity index (χ4v) is 1.99. The second-order valence-corrected chi connectivity index (χ2v) is 5.07. The van der Waals surface area contributed by atoms with E-state index in [1.54, 1.807) is 0 Å². The lowest BCUT2D eigenvalue weighted by Gasteiger charge is -2.21. The van der Waals surface area contributed by atoms with Crippen molar-refractivity contribution in [2.24, 2.45) is 5.18 Å². The first-order valence-electron chi connectivity index (χ1n) is 5.63. The van der Waals surface area contributed by atoms with Crippen LogP contribution < -0.4 is 0 Å². The van der Waals surface area contributed by atoms with Gasteiger partial charge in [0.15, 0.2) is 6.04 Å². The highest BCUT2D eigenvalue weighted by molar-refractivity contribution is 9.10. The summed E-state index contributed by atoms with van der Waals surface area (Å²) in [4.78, 5) is 14.3. The number of rotatable bonds is 4.